The van der Waals surface area contributed by atoms with Gasteiger partial charge < -0.3 is 9.73 Å². The van der Waals surface area contributed by atoms with Crippen molar-refractivity contribution >= 4 is 23.1 Å². The van der Waals surface area contributed by atoms with Crippen LogP contribution < -0.4 is 5.32 Å². The molecule has 1 N–H and O–H groups in total. The molecule has 0 atom stereocenters. The molecule has 1 fully saturated rings. The zero-order valence-electron chi connectivity index (χ0n) is 13.6. The van der Waals surface area contributed by atoms with E-state index in [2.05, 4.69) is 15.4 Å². The molecule has 1 amide bonds. The summed E-state index contributed by atoms with van der Waals surface area (Å²) in [7, 11) is 0. The van der Waals surface area contributed by atoms with Gasteiger partial charge in [0.25, 0.3) is 5.91 Å². The number of carbonyl (C=O) groups is 1. The van der Waals surface area contributed by atoms with Crippen LogP contribution >= 0.6 is 11.3 Å². The molecular formula is C17H18N4O2S. The van der Waals surface area contributed by atoms with Crippen LogP contribution in [0.15, 0.2) is 28.1 Å². The van der Waals surface area contributed by atoms with E-state index < -0.39 is 0 Å². The molecule has 0 unspecified atom stereocenters. The van der Waals surface area contributed by atoms with Crippen molar-refractivity contribution in [2.75, 3.05) is 5.32 Å². The number of thiophene rings is 1. The highest BCUT2D eigenvalue weighted by molar-refractivity contribution is 7.13. The summed E-state index contributed by atoms with van der Waals surface area (Å²) in [5.41, 5.74) is 1.26. The van der Waals surface area contributed by atoms with Gasteiger partial charge in [-0.1, -0.05) is 6.07 Å². The van der Waals surface area contributed by atoms with Crippen molar-refractivity contribution in [1.82, 2.24) is 14.8 Å². The number of rotatable bonds is 5. The van der Waals surface area contributed by atoms with Gasteiger partial charge >= 0.3 is 0 Å². The summed E-state index contributed by atoms with van der Waals surface area (Å²) in [5.74, 6) is 2.16. The summed E-state index contributed by atoms with van der Waals surface area (Å²) in [4.78, 5) is 17.9. The number of nitrogens with one attached hydrogen (secondary N) is 1. The molecule has 7 heteroatoms. The molecule has 124 valence electrons. The first-order chi connectivity index (χ1) is 11.6. The van der Waals surface area contributed by atoms with Crippen LogP contribution in [0.1, 0.15) is 34.7 Å². The normalized spacial score (nSPS) is 14.1. The number of oxazole rings is 1. The zero-order chi connectivity index (χ0) is 16.7. The van der Waals surface area contributed by atoms with Gasteiger partial charge in [0.1, 0.15) is 11.6 Å². The van der Waals surface area contributed by atoms with E-state index in [4.69, 9.17) is 4.42 Å². The van der Waals surface area contributed by atoms with E-state index in [0.29, 0.717) is 23.3 Å². The molecule has 0 aliphatic heterocycles. The van der Waals surface area contributed by atoms with E-state index in [1.54, 1.807) is 13.1 Å². The van der Waals surface area contributed by atoms with Crippen molar-refractivity contribution < 1.29 is 9.21 Å². The van der Waals surface area contributed by atoms with Crippen LogP contribution in [0.25, 0.3) is 10.8 Å². The van der Waals surface area contributed by atoms with Crippen LogP contribution in [0.5, 0.6) is 0 Å². The highest BCUT2D eigenvalue weighted by Gasteiger charge is 2.25. The molecule has 1 aliphatic carbocycles. The van der Waals surface area contributed by atoms with Crippen molar-refractivity contribution in [2.24, 2.45) is 5.92 Å². The Morgan fingerprint density at radius 2 is 2.29 bits per heavy atom. The first kappa shape index (κ1) is 15.1. The van der Waals surface area contributed by atoms with Crippen LogP contribution in [-0.2, 0) is 6.54 Å². The molecule has 3 heterocycles. The maximum atomic E-state index is 12.7. The van der Waals surface area contributed by atoms with Crippen molar-refractivity contribution in [3.63, 3.8) is 0 Å². The first-order valence-corrected chi connectivity index (χ1v) is 8.85. The van der Waals surface area contributed by atoms with E-state index in [1.807, 2.05) is 29.1 Å². The van der Waals surface area contributed by atoms with Crippen molar-refractivity contribution in [3.05, 3.63) is 40.7 Å². The topological polar surface area (TPSA) is 73.0 Å². The molecule has 1 saturated carbocycles. The van der Waals surface area contributed by atoms with Gasteiger partial charge in [-0.25, -0.2) is 9.67 Å². The quantitative estimate of drug-likeness (QED) is 0.764. The summed E-state index contributed by atoms with van der Waals surface area (Å²) in [5, 5.41) is 9.27. The average Bonchev–Trinajstić information content (AvgIpc) is 2.95. The molecule has 24 heavy (non-hydrogen) atoms. The zero-order valence-corrected chi connectivity index (χ0v) is 14.4. The van der Waals surface area contributed by atoms with Crippen molar-refractivity contribution in [1.29, 1.82) is 0 Å². The molecule has 6 nitrogen and oxygen atoms in total. The third-order valence-electron chi connectivity index (χ3n) is 4.13. The first-order valence-electron chi connectivity index (χ1n) is 7.97. The minimum Gasteiger partial charge on any atom is -0.440 e. The molecule has 0 bridgehead atoms. The van der Waals surface area contributed by atoms with Crippen LogP contribution in [0, 0.1) is 19.8 Å². The Morgan fingerprint density at radius 1 is 1.46 bits per heavy atom. The van der Waals surface area contributed by atoms with Crippen molar-refractivity contribution in [3.8, 4) is 10.8 Å². The number of aromatic nitrogens is 3. The highest BCUT2D eigenvalue weighted by atomic mass is 32.1. The third kappa shape index (κ3) is 2.87. The van der Waals surface area contributed by atoms with Crippen LogP contribution in [0.3, 0.4) is 0 Å². The summed E-state index contributed by atoms with van der Waals surface area (Å²) in [6.07, 6.45) is 4.25. The molecule has 1 aliphatic rings. The minimum atomic E-state index is -0.264. The van der Waals surface area contributed by atoms with Gasteiger partial charge in [0.2, 0.25) is 5.89 Å². The van der Waals surface area contributed by atoms with Crippen LogP contribution in [0.4, 0.5) is 5.82 Å². The lowest BCUT2D eigenvalue weighted by Crippen LogP contribution is -2.18. The molecule has 0 radical (unpaired) electrons. The average molecular weight is 342 g/mol. The molecule has 0 aromatic carbocycles. The Bertz CT molecular complexity index is 875. The highest BCUT2D eigenvalue weighted by Crippen LogP contribution is 2.32. The molecule has 3 aromatic rings. The van der Waals surface area contributed by atoms with Crippen molar-refractivity contribution in [2.45, 2.75) is 33.2 Å². The minimum absolute atomic E-state index is 0.264. The van der Waals surface area contributed by atoms with Gasteiger partial charge in [-0.3, -0.25) is 4.79 Å². The van der Waals surface area contributed by atoms with Crippen LogP contribution in [-0.4, -0.2) is 20.7 Å². The number of nitrogens with zero attached hydrogens (tertiary/aromatic N) is 3. The predicted molar refractivity (Wildman–Crippen MR) is 92.2 cm³/mol. The Labute approximate surface area is 143 Å². The monoisotopic (exact) mass is 342 g/mol. The van der Waals surface area contributed by atoms with E-state index in [-0.39, 0.29) is 5.91 Å². The van der Waals surface area contributed by atoms with Gasteiger partial charge in [-0.15, -0.1) is 11.3 Å². The Morgan fingerprint density at radius 3 is 3.00 bits per heavy atom. The number of anilines is 1. The lowest BCUT2D eigenvalue weighted by atomic mass is 10.3. The maximum Gasteiger partial charge on any atom is 0.279 e. The number of hydrogen-bond donors (Lipinski definition) is 1. The van der Waals surface area contributed by atoms with E-state index >= 15 is 0 Å². The van der Waals surface area contributed by atoms with E-state index in [1.165, 1.54) is 24.2 Å². The number of carbonyl (C=O) groups excluding carboxylic acids is 1. The fourth-order valence-electron chi connectivity index (χ4n) is 2.60. The Kier molecular flexibility index (Phi) is 3.72. The molecular weight excluding hydrogens is 324 g/mol. The smallest absolute Gasteiger partial charge is 0.279 e. The largest absolute Gasteiger partial charge is 0.440 e. The van der Waals surface area contributed by atoms with Crippen LogP contribution in [0.2, 0.25) is 0 Å². The second kappa shape index (κ2) is 5.90. The molecule has 3 aromatic heterocycles. The predicted octanol–water partition coefficient (Wildman–Crippen LogP) is 3.88. The molecule has 0 saturated heterocycles. The van der Waals surface area contributed by atoms with Gasteiger partial charge in [0.15, 0.2) is 5.69 Å². The van der Waals surface area contributed by atoms with E-state index in [9.17, 15) is 4.79 Å². The van der Waals surface area contributed by atoms with E-state index in [0.717, 1.165) is 22.8 Å². The lowest BCUT2D eigenvalue weighted by Gasteiger charge is -2.08. The summed E-state index contributed by atoms with van der Waals surface area (Å²) in [6, 6.07) is 3.85. The maximum absolute atomic E-state index is 12.7. The SMILES string of the molecule is Cc1cnn(CC2CC2)c1NC(=O)c1nc(-c2cccs2)oc1C. The third-order valence-corrected chi connectivity index (χ3v) is 4.98. The lowest BCUT2D eigenvalue weighted by molar-refractivity contribution is 0.102. The number of aryl methyl sites for hydroxylation is 2. The standard InChI is InChI=1S/C17H18N4O2S/c1-10-8-18-21(9-12-5-6-12)15(10)20-16(22)14-11(2)23-17(19-14)13-4-3-7-24-13/h3-4,7-8,12H,5-6,9H2,1-2H3,(H,20,22). The van der Waals surface area contributed by atoms with Gasteiger partial charge in [0, 0.05) is 12.1 Å². The molecule has 4 rings (SSSR count). The number of amides is 1. The Hall–Kier alpha value is -2.41. The molecule has 0 spiro atoms. The van der Waals surface area contributed by atoms with Gasteiger partial charge in [-0.05, 0) is 44.1 Å². The van der Waals surface area contributed by atoms with Gasteiger partial charge in [0.05, 0.1) is 11.1 Å². The summed E-state index contributed by atoms with van der Waals surface area (Å²) < 4.78 is 7.53. The summed E-state index contributed by atoms with van der Waals surface area (Å²) in [6.45, 7) is 4.55. The summed E-state index contributed by atoms with van der Waals surface area (Å²) >= 11 is 1.53. The second-order valence-corrected chi connectivity index (χ2v) is 7.10. The second-order valence-electron chi connectivity index (χ2n) is 6.16. The fourth-order valence-corrected chi connectivity index (χ4v) is 3.25. The Balaban J connectivity index is 1.57. The number of hydrogen-bond acceptors (Lipinski definition) is 5. The fraction of sp³-hybridized carbons (Fsp3) is 0.353. The van der Waals surface area contributed by atoms with Gasteiger partial charge in [-0.2, -0.15) is 5.10 Å².